The molecule has 32 heavy (non-hydrogen) atoms. The van der Waals surface area contributed by atoms with E-state index in [2.05, 4.69) is 28.1 Å². The van der Waals surface area contributed by atoms with Crippen molar-refractivity contribution in [2.45, 2.75) is 25.2 Å². The zero-order chi connectivity index (χ0) is 24.1. The Morgan fingerprint density at radius 2 is 1.78 bits per heavy atom. The second-order valence-corrected chi connectivity index (χ2v) is 11.3. The fraction of sp³-hybridized carbons (Fsp3) is 0.583. The van der Waals surface area contributed by atoms with Gasteiger partial charge in [-0.05, 0) is 5.92 Å². The molecule has 0 radical (unpaired) electrons. The van der Waals surface area contributed by atoms with E-state index < -0.39 is 60.2 Å². The van der Waals surface area contributed by atoms with Gasteiger partial charge in [0.05, 0.1) is 25.1 Å². The zero-order valence-corrected chi connectivity index (χ0v) is 18.7. The fourth-order valence-electron chi connectivity index (χ4n) is 3.52. The van der Waals surface area contributed by atoms with E-state index >= 15 is 0 Å². The summed E-state index contributed by atoms with van der Waals surface area (Å²) in [6.45, 7) is 0.682. The number of aliphatic hydroxyl groups is 1. The summed E-state index contributed by atoms with van der Waals surface area (Å²) in [5, 5.41) is 10.3. The SMILES string of the molecule is CC1[C@@H](n2cnc3c(N)ncnc32)[C@H](F)[C@H](O)[C@H]1COP(=O)(O)OP(=O)(O)OP(=O)(O)O. The third-order valence-electron chi connectivity index (χ3n) is 4.86. The van der Waals surface area contributed by atoms with Gasteiger partial charge >= 0.3 is 23.5 Å². The molecule has 180 valence electrons. The number of aliphatic hydroxyl groups excluding tert-OH is 1. The molecule has 7 N–H and O–H groups in total. The molecule has 0 aliphatic heterocycles. The van der Waals surface area contributed by atoms with E-state index in [1.165, 1.54) is 17.8 Å². The van der Waals surface area contributed by atoms with Gasteiger partial charge in [-0.15, -0.1) is 0 Å². The van der Waals surface area contributed by atoms with E-state index in [1.807, 2.05) is 0 Å². The van der Waals surface area contributed by atoms with E-state index in [4.69, 9.17) is 15.5 Å². The summed E-state index contributed by atoms with van der Waals surface area (Å²) in [7, 11) is -16.7. The van der Waals surface area contributed by atoms with Gasteiger partial charge in [0.2, 0.25) is 0 Å². The smallest absolute Gasteiger partial charge is 0.390 e. The van der Waals surface area contributed by atoms with Crippen molar-refractivity contribution in [2.24, 2.45) is 11.8 Å². The van der Waals surface area contributed by atoms with Crippen LogP contribution in [0.4, 0.5) is 10.2 Å². The second-order valence-electron chi connectivity index (χ2n) is 6.92. The van der Waals surface area contributed by atoms with Crippen molar-refractivity contribution in [2.75, 3.05) is 12.3 Å². The lowest BCUT2D eigenvalue weighted by Crippen LogP contribution is -2.27. The summed E-state index contributed by atoms with van der Waals surface area (Å²) in [4.78, 5) is 47.6. The van der Waals surface area contributed by atoms with E-state index in [1.54, 1.807) is 0 Å². The maximum absolute atomic E-state index is 15.0. The summed E-state index contributed by atoms with van der Waals surface area (Å²) in [6, 6.07) is -1.04. The third-order valence-corrected chi connectivity index (χ3v) is 8.66. The van der Waals surface area contributed by atoms with E-state index in [0.717, 1.165) is 6.33 Å². The van der Waals surface area contributed by atoms with Gasteiger partial charge in [-0.3, -0.25) is 4.52 Å². The van der Waals surface area contributed by atoms with Crippen LogP contribution in [0.2, 0.25) is 0 Å². The normalized spacial score (nSPS) is 30.3. The van der Waals surface area contributed by atoms with Crippen molar-refractivity contribution in [1.29, 1.82) is 0 Å². The van der Waals surface area contributed by atoms with Gasteiger partial charge in [0.15, 0.2) is 11.5 Å². The lowest BCUT2D eigenvalue weighted by Gasteiger charge is -2.23. The van der Waals surface area contributed by atoms with Crippen molar-refractivity contribution >= 4 is 40.4 Å². The summed E-state index contributed by atoms with van der Waals surface area (Å²) in [6.07, 6.45) is -1.20. The minimum absolute atomic E-state index is 0.0552. The van der Waals surface area contributed by atoms with Crippen molar-refractivity contribution in [3.8, 4) is 0 Å². The number of phosphoric acid groups is 3. The Balaban J connectivity index is 1.75. The number of phosphoric ester groups is 1. The molecule has 0 amide bonds. The van der Waals surface area contributed by atoms with Crippen LogP contribution in [0, 0.1) is 11.8 Å². The van der Waals surface area contributed by atoms with E-state index in [0.29, 0.717) is 0 Å². The Bertz CT molecular complexity index is 1140. The highest BCUT2D eigenvalue weighted by molar-refractivity contribution is 7.66. The van der Waals surface area contributed by atoms with E-state index in [9.17, 15) is 33.0 Å². The number of fused-ring (bicyclic) bond motifs is 1. The molecule has 7 atom stereocenters. The molecule has 1 fully saturated rings. The van der Waals surface area contributed by atoms with Crippen LogP contribution >= 0.6 is 23.5 Å². The number of nitrogens with zero attached hydrogens (tertiary/aromatic N) is 4. The average molecular weight is 521 g/mol. The number of hydrogen-bond acceptors (Lipinski definition) is 11. The molecule has 20 heteroatoms. The van der Waals surface area contributed by atoms with Crippen LogP contribution in [0.25, 0.3) is 11.2 Å². The molecular formula is C12H19FN5O11P3. The lowest BCUT2D eigenvalue weighted by molar-refractivity contribution is 0.0346. The van der Waals surface area contributed by atoms with Crippen LogP contribution in [-0.2, 0) is 26.8 Å². The topological polar surface area (TPSA) is 250 Å². The molecule has 1 saturated carbocycles. The molecule has 1 aliphatic carbocycles. The first-order valence-corrected chi connectivity index (χ1v) is 13.2. The molecule has 2 heterocycles. The highest BCUT2D eigenvalue weighted by atomic mass is 31.3. The Morgan fingerprint density at radius 1 is 1.12 bits per heavy atom. The van der Waals surface area contributed by atoms with Crippen molar-refractivity contribution in [3.05, 3.63) is 12.7 Å². The molecule has 0 spiro atoms. The Morgan fingerprint density at radius 3 is 2.41 bits per heavy atom. The van der Waals surface area contributed by atoms with Gasteiger partial charge in [-0.2, -0.15) is 8.62 Å². The van der Waals surface area contributed by atoms with Gasteiger partial charge in [0.1, 0.15) is 18.0 Å². The van der Waals surface area contributed by atoms with Crippen molar-refractivity contribution in [1.82, 2.24) is 19.5 Å². The zero-order valence-electron chi connectivity index (χ0n) is 16.0. The Labute approximate surface area is 178 Å². The molecule has 0 aromatic carbocycles. The number of nitrogens with two attached hydrogens (primary N) is 1. The molecule has 3 rings (SSSR count). The van der Waals surface area contributed by atoms with Crippen molar-refractivity contribution < 1.29 is 55.9 Å². The summed E-state index contributed by atoms with van der Waals surface area (Å²) < 4.78 is 62.0. The predicted octanol–water partition coefficient (Wildman–Crippen LogP) is 0.258. The average Bonchev–Trinajstić information content (AvgIpc) is 3.11. The molecule has 2 aromatic rings. The number of halogens is 1. The van der Waals surface area contributed by atoms with Crippen LogP contribution in [0.1, 0.15) is 13.0 Å². The summed E-state index contributed by atoms with van der Waals surface area (Å²) >= 11 is 0. The lowest BCUT2D eigenvalue weighted by atomic mass is 9.95. The van der Waals surface area contributed by atoms with E-state index in [-0.39, 0.29) is 17.0 Å². The van der Waals surface area contributed by atoms with Gasteiger partial charge in [0, 0.05) is 5.92 Å². The monoisotopic (exact) mass is 521 g/mol. The fourth-order valence-corrected chi connectivity index (χ4v) is 6.58. The number of anilines is 1. The van der Waals surface area contributed by atoms with Crippen LogP contribution in [-0.4, -0.2) is 63.1 Å². The summed E-state index contributed by atoms with van der Waals surface area (Å²) in [5.74, 6) is -1.81. The largest absolute Gasteiger partial charge is 0.490 e. The molecule has 2 aromatic heterocycles. The first-order valence-electron chi connectivity index (χ1n) is 8.65. The van der Waals surface area contributed by atoms with Gasteiger partial charge in [-0.1, -0.05) is 6.92 Å². The standard InChI is InChI=1S/C12H19FN5O11P3/c1-5-6(2-27-31(23,24)29-32(25,26)28-30(20,21)22)10(19)7(13)9(5)18-4-17-8-11(14)15-3-16-12(8)18/h3-7,9-10,19H,2H2,1H3,(H,23,24)(H,25,26)(H2,14,15,16)(H2,20,21,22)/t5?,6-,7-,9+,10+/m0/s1. The molecule has 0 saturated heterocycles. The maximum Gasteiger partial charge on any atom is 0.490 e. The van der Waals surface area contributed by atoms with Crippen molar-refractivity contribution in [3.63, 3.8) is 0 Å². The maximum atomic E-state index is 15.0. The van der Waals surface area contributed by atoms with Crippen LogP contribution in [0.15, 0.2) is 12.7 Å². The first kappa shape index (κ1) is 25.3. The highest BCUT2D eigenvalue weighted by Gasteiger charge is 2.51. The molecule has 0 bridgehead atoms. The number of hydrogen-bond donors (Lipinski definition) is 6. The van der Waals surface area contributed by atoms with Crippen LogP contribution in [0.3, 0.4) is 0 Å². The van der Waals surface area contributed by atoms with Gasteiger partial charge < -0.3 is 35.0 Å². The van der Waals surface area contributed by atoms with Gasteiger partial charge in [-0.25, -0.2) is 33.0 Å². The molecule has 16 nitrogen and oxygen atoms in total. The number of rotatable bonds is 8. The number of alkyl halides is 1. The molecule has 3 unspecified atom stereocenters. The van der Waals surface area contributed by atoms with Crippen LogP contribution < -0.4 is 5.73 Å². The third kappa shape index (κ3) is 5.41. The number of imidazole rings is 1. The number of aromatic nitrogens is 4. The van der Waals surface area contributed by atoms with Gasteiger partial charge in [0.25, 0.3) is 0 Å². The first-order chi connectivity index (χ1) is 14.6. The predicted molar refractivity (Wildman–Crippen MR) is 102 cm³/mol. The minimum atomic E-state index is -5.70. The summed E-state index contributed by atoms with van der Waals surface area (Å²) in [5.41, 5.74) is 6.11. The minimum Gasteiger partial charge on any atom is -0.390 e. The Hall–Kier alpha value is -1.35. The second kappa shape index (κ2) is 8.78. The quantitative estimate of drug-likeness (QED) is 0.255. The Kier molecular flexibility index (Phi) is 6.93. The number of nitrogen functional groups attached to an aromatic ring is 1. The molecule has 1 aliphatic rings. The highest BCUT2D eigenvalue weighted by Crippen LogP contribution is 2.66. The van der Waals surface area contributed by atoms with Crippen LogP contribution in [0.5, 0.6) is 0 Å². The molecular weight excluding hydrogens is 502 g/mol.